The summed E-state index contributed by atoms with van der Waals surface area (Å²) in [7, 11) is 0. The third-order valence-corrected chi connectivity index (χ3v) is 5.07. The van der Waals surface area contributed by atoms with E-state index in [0.717, 1.165) is 32.4 Å². The summed E-state index contributed by atoms with van der Waals surface area (Å²) in [6, 6.07) is 3.23. The first-order chi connectivity index (χ1) is 13.0. The van der Waals surface area contributed by atoms with Crippen LogP contribution in [0.3, 0.4) is 0 Å². The van der Waals surface area contributed by atoms with E-state index in [1.165, 1.54) is 6.92 Å². The zero-order chi connectivity index (χ0) is 19.4. The minimum atomic E-state index is -0.185. The highest BCUT2D eigenvalue weighted by atomic mass is 16.7. The topological polar surface area (TPSA) is 84.9 Å². The summed E-state index contributed by atoms with van der Waals surface area (Å²) < 4.78 is 10.6. The van der Waals surface area contributed by atoms with Crippen molar-refractivity contribution in [3.8, 4) is 11.5 Å². The molecule has 0 unspecified atom stereocenters. The molecule has 7 heteroatoms. The van der Waals surface area contributed by atoms with Crippen LogP contribution in [0.4, 0.5) is 5.69 Å². The molecule has 0 bridgehead atoms. The van der Waals surface area contributed by atoms with E-state index in [1.807, 2.05) is 11.8 Å². The Kier molecular flexibility index (Phi) is 6.11. The van der Waals surface area contributed by atoms with Crippen LogP contribution in [0.5, 0.6) is 11.5 Å². The SMILES string of the molecule is CCCC(=O)C1CCN(CC(=O)Nc2cc3c(cc2C(C)=O)OCO3)CC1. The van der Waals surface area contributed by atoms with Crippen LogP contribution >= 0.6 is 0 Å². The van der Waals surface area contributed by atoms with Crippen molar-refractivity contribution in [3.63, 3.8) is 0 Å². The molecule has 3 rings (SSSR count). The molecular weight excluding hydrogens is 348 g/mol. The van der Waals surface area contributed by atoms with Crippen LogP contribution in [-0.4, -0.2) is 48.8 Å². The minimum absolute atomic E-state index is 0.107. The first-order valence-corrected chi connectivity index (χ1v) is 9.47. The normalized spacial score (nSPS) is 17.0. The molecule has 27 heavy (non-hydrogen) atoms. The van der Waals surface area contributed by atoms with Gasteiger partial charge in [-0.15, -0.1) is 0 Å². The van der Waals surface area contributed by atoms with Gasteiger partial charge in [0.15, 0.2) is 17.3 Å². The molecule has 1 saturated heterocycles. The van der Waals surface area contributed by atoms with E-state index in [1.54, 1.807) is 12.1 Å². The summed E-state index contributed by atoms with van der Waals surface area (Å²) in [5.41, 5.74) is 0.834. The number of hydrogen-bond acceptors (Lipinski definition) is 6. The molecule has 1 aromatic rings. The van der Waals surface area contributed by atoms with Gasteiger partial charge in [-0.05, 0) is 45.3 Å². The maximum atomic E-state index is 12.5. The van der Waals surface area contributed by atoms with Crippen LogP contribution in [-0.2, 0) is 9.59 Å². The van der Waals surface area contributed by atoms with Crippen LogP contribution in [0, 0.1) is 5.92 Å². The number of carbonyl (C=O) groups is 3. The summed E-state index contributed by atoms with van der Waals surface area (Å²) in [6.07, 6.45) is 3.13. The number of ketones is 2. The number of anilines is 1. The summed E-state index contributed by atoms with van der Waals surface area (Å²) in [5, 5.41) is 2.82. The largest absolute Gasteiger partial charge is 0.454 e. The first-order valence-electron chi connectivity index (χ1n) is 9.47. The number of piperidine rings is 1. The number of hydrogen-bond donors (Lipinski definition) is 1. The van der Waals surface area contributed by atoms with E-state index in [4.69, 9.17) is 9.47 Å². The Balaban J connectivity index is 1.57. The lowest BCUT2D eigenvalue weighted by Gasteiger charge is -2.30. The van der Waals surface area contributed by atoms with Gasteiger partial charge in [-0.3, -0.25) is 19.3 Å². The number of carbonyl (C=O) groups excluding carboxylic acids is 3. The van der Waals surface area contributed by atoms with Crippen molar-refractivity contribution < 1.29 is 23.9 Å². The molecule has 1 aromatic carbocycles. The van der Waals surface area contributed by atoms with Gasteiger partial charge < -0.3 is 14.8 Å². The second kappa shape index (κ2) is 8.52. The van der Waals surface area contributed by atoms with Crippen molar-refractivity contribution >= 4 is 23.2 Å². The third kappa shape index (κ3) is 4.66. The summed E-state index contributed by atoms with van der Waals surface area (Å²) in [6.45, 7) is 5.27. The van der Waals surface area contributed by atoms with Crippen LogP contribution in [0.25, 0.3) is 0 Å². The Labute approximate surface area is 159 Å². The lowest BCUT2D eigenvalue weighted by molar-refractivity contribution is -0.124. The lowest BCUT2D eigenvalue weighted by atomic mass is 9.90. The van der Waals surface area contributed by atoms with Crippen LogP contribution < -0.4 is 14.8 Å². The Morgan fingerprint density at radius 1 is 1.15 bits per heavy atom. The number of rotatable bonds is 7. The number of benzene rings is 1. The van der Waals surface area contributed by atoms with Crippen molar-refractivity contribution in [1.82, 2.24) is 4.90 Å². The number of Topliss-reactive ketones (excluding diaryl/α,β-unsaturated/α-hetero) is 2. The van der Waals surface area contributed by atoms with Gasteiger partial charge in [0.2, 0.25) is 12.7 Å². The smallest absolute Gasteiger partial charge is 0.238 e. The number of likely N-dealkylation sites (tertiary alicyclic amines) is 1. The standard InChI is InChI=1S/C20H26N2O5/c1-3-4-17(24)14-5-7-22(8-6-14)11-20(25)21-16-10-19-18(26-12-27-19)9-15(16)13(2)23/h9-10,14H,3-8,11-12H2,1-2H3,(H,21,25). The molecule has 2 aliphatic heterocycles. The number of ether oxygens (including phenoxy) is 2. The third-order valence-electron chi connectivity index (χ3n) is 5.07. The molecule has 0 spiro atoms. The highest BCUT2D eigenvalue weighted by molar-refractivity contribution is 6.05. The molecule has 2 aliphatic rings. The van der Waals surface area contributed by atoms with Gasteiger partial charge in [-0.1, -0.05) is 6.92 Å². The average Bonchev–Trinajstić information content (AvgIpc) is 3.09. The highest BCUT2D eigenvalue weighted by Gasteiger charge is 2.26. The van der Waals surface area contributed by atoms with Crippen LogP contribution in [0.15, 0.2) is 12.1 Å². The van der Waals surface area contributed by atoms with Crippen LogP contribution in [0.2, 0.25) is 0 Å². The van der Waals surface area contributed by atoms with Gasteiger partial charge in [-0.25, -0.2) is 0 Å². The molecule has 0 aromatic heterocycles. The fraction of sp³-hybridized carbons (Fsp3) is 0.550. The lowest BCUT2D eigenvalue weighted by Crippen LogP contribution is -2.40. The molecule has 1 N–H and O–H groups in total. The fourth-order valence-corrected chi connectivity index (χ4v) is 3.59. The van der Waals surface area contributed by atoms with E-state index in [-0.39, 0.29) is 30.9 Å². The van der Waals surface area contributed by atoms with Crippen molar-refractivity contribution in [1.29, 1.82) is 0 Å². The molecule has 0 atom stereocenters. The van der Waals surface area contributed by atoms with Crippen molar-refractivity contribution in [2.45, 2.75) is 39.5 Å². The quantitative estimate of drug-likeness (QED) is 0.739. The molecule has 0 aliphatic carbocycles. The fourth-order valence-electron chi connectivity index (χ4n) is 3.59. The second-order valence-electron chi connectivity index (χ2n) is 7.12. The maximum absolute atomic E-state index is 12.5. The molecule has 1 amide bonds. The Hall–Kier alpha value is -2.41. The van der Waals surface area contributed by atoms with Crippen LogP contribution in [0.1, 0.15) is 49.9 Å². The predicted octanol–water partition coefficient (Wildman–Crippen LogP) is 2.64. The highest BCUT2D eigenvalue weighted by Crippen LogP contribution is 2.37. The van der Waals surface area contributed by atoms with E-state index >= 15 is 0 Å². The zero-order valence-corrected chi connectivity index (χ0v) is 15.9. The van der Waals surface area contributed by atoms with Gasteiger partial charge in [-0.2, -0.15) is 0 Å². The summed E-state index contributed by atoms with van der Waals surface area (Å²) >= 11 is 0. The van der Waals surface area contributed by atoms with Gasteiger partial charge in [0.1, 0.15) is 5.78 Å². The first kappa shape index (κ1) is 19.4. The summed E-state index contributed by atoms with van der Waals surface area (Å²) in [4.78, 5) is 38.4. The number of nitrogens with zero attached hydrogens (tertiary/aromatic N) is 1. The van der Waals surface area contributed by atoms with Crippen molar-refractivity contribution in [2.24, 2.45) is 5.92 Å². The number of nitrogens with one attached hydrogen (secondary N) is 1. The van der Waals surface area contributed by atoms with E-state index in [2.05, 4.69) is 5.32 Å². The molecular formula is C20H26N2O5. The van der Waals surface area contributed by atoms with Crippen molar-refractivity contribution in [2.75, 3.05) is 31.7 Å². The number of amides is 1. The molecule has 0 saturated carbocycles. The molecule has 7 nitrogen and oxygen atoms in total. The Morgan fingerprint density at radius 3 is 2.44 bits per heavy atom. The average molecular weight is 374 g/mol. The zero-order valence-electron chi connectivity index (χ0n) is 15.9. The van der Waals surface area contributed by atoms with E-state index in [0.29, 0.717) is 35.0 Å². The van der Waals surface area contributed by atoms with Crippen molar-refractivity contribution in [3.05, 3.63) is 17.7 Å². The van der Waals surface area contributed by atoms with E-state index in [9.17, 15) is 14.4 Å². The van der Waals surface area contributed by atoms with E-state index < -0.39 is 0 Å². The van der Waals surface area contributed by atoms with Gasteiger partial charge in [0, 0.05) is 24.0 Å². The van der Waals surface area contributed by atoms with Gasteiger partial charge in [0.25, 0.3) is 0 Å². The second-order valence-corrected chi connectivity index (χ2v) is 7.12. The minimum Gasteiger partial charge on any atom is -0.454 e. The molecule has 146 valence electrons. The van der Waals surface area contributed by atoms with Gasteiger partial charge in [0.05, 0.1) is 12.2 Å². The van der Waals surface area contributed by atoms with Gasteiger partial charge >= 0.3 is 0 Å². The maximum Gasteiger partial charge on any atom is 0.238 e. The predicted molar refractivity (Wildman–Crippen MR) is 100 cm³/mol. The Morgan fingerprint density at radius 2 is 1.81 bits per heavy atom. The number of fused-ring (bicyclic) bond motifs is 1. The summed E-state index contributed by atoms with van der Waals surface area (Å²) in [5.74, 6) is 1.16. The molecule has 2 heterocycles. The molecule has 0 radical (unpaired) electrons. The molecule has 1 fully saturated rings. The Bertz CT molecular complexity index is 738. The monoisotopic (exact) mass is 374 g/mol.